The third kappa shape index (κ3) is 6.36. The molecule has 0 heterocycles. The first-order valence-corrected chi connectivity index (χ1v) is 7.47. The van der Waals surface area contributed by atoms with Gasteiger partial charge in [0, 0.05) is 29.2 Å². The first kappa shape index (κ1) is 19.7. The van der Waals surface area contributed by atoms with Gasteiger partial charge in [0.25, 0.3) is 0 Å². The molecule has 0 amide bonds. The van der Waals surface area contributed by atoms with Gasteiger partial charge in [-0.05, 0) is 31.2 Å². The Kier molecular flexibility index (Phi) is 8.34. The van der Waals surface area contributed by atoms with E-state index in [4.69, 9.17) is 16.3 Å². The highest BCUT2D eigenvalue weighted by atomic mass is 35.5. The van der Waals surface area contributed by atoms with Crippen LogP contribution in [0.25, 0.3) is 0 Å². The molecule has 23 heavy (non-hydrogen) atoms. The second-order valence-electron chi connectivity index (χ2n) is 5.11. The predicted molar refractivity (Wildman–Crippen MR) is 92.8 cm³/mol. The lowest BCUT2D eigenvalue weighted by Gasteiger charge is -2.14. The van der Waals surface area contributed by atoms with E-state index in [1.54, 1.807) is 43.3 Å². The van der Waals surface area contributed by atoms with Gasteiger partial charge in [0.1, 0.15) is 18.2 Å². The minimum atomic E-state index is -0.429. The summed E-state index contributed by atoms with van der Waals surface area (Å²) in [6, 6.07) is 11.8. The van der Waals surface area contributed by atoms with Gasteiger partial charge in [-0.2, -0.15) is 0 Å². The number of benzene rings is 2. The number of rotatable bonds is 7. The van der Waals surface area contributed by atoms with Gasteiger partial charge in [-0.3, -0.25) is 0 Å². The highest BCUT2D eigenvalue weighted by Crippen LogP contribution is 2.24. The molecule has 6 heteroatoms. The first-order valence-electron chi connectivity index (χ1n) is 7.09. The van der Waals surface area contributed by atoms with Crippen LogP contribution in [0, 0.1) is 5.82 Å². The maximum Gasteiger partial charge on any atom is 0.129 e. The van der Waals surface area contributed by atoms with E-state index < -0.39 is 6.10 Å². The highest BCUT2D eigenvalue weighted by Gasteiger charge is 2.07. The van der Waals surface area contributed by atoms with Crippen LogP contribution in [0.2, 0.25) is 5.02 Å². The zero-order valence-electron chi connectivity index (χ0n) is 12.8. The summed E-state index contributed by atoms with van der Waals surface area (Å²) in [4.78, 5) is 0. The standard InChI is InChI=1S/C17H19ClFNO2.ClH/c1-12(21)9-20-10-14-8-15(18)6-7-17(14)22-11-13-4-2-3-5-16(13)19;/h2-8,12,20-21H,9-11H2,1H3;1H. The maximum atomic E-state index is 13.6. The molecule has 0 spiro atoms. The van der Waals surface area contributed by atoms with Crippen LogP contribution in [0.1, 0.15) is 18.1 Å². The second-order valence-corrected chi connectivity index (χ2v) is 5.55. The van der Waals surface area contributed by atoms with Gasteiger partial charge in [-0.1, -0.05) is 29.8 Å². The van der Waals surface area contributed by atoms with Crippen LogP contribution in [0.5, 0.6) is 5.75 Å². The quantitative estimate of drug-likeness (QED) is 0.786. The number of aliphatic hydroxyl groups is 1. The fourth-order valence-electron chi connectivity index (χ4n) is 2.01. The molecule has 1 unspecified atom stereocenters. The van der Waals surface area contributed by atoms with Crippen molar-refractivity contribution in [2.24, 2.45) is 0 Å². The van der Waals surface area contributed by atoms with E-state index in [0.29, 0.717) is 29.4 Å². The Bertz CT molecular complexity index is 623. The molecule has 1 atom stereocenters. The van der Waals surface area contributed by atoms with Crippen molar-refractivity contribution in [1.82, 2.24) is 5.32 Å². The Balaban J connectivity index is 0.00000264. The Morgan fingerprint density at radius 3 is 2.65 bits per heavy atom. The molecule has 0 aromatic heterocycles. The normalized spacial score (nSPS) is 11.7. The fourth-order valence-corrected chi connectivity index (χ4v) is 2.21. The average molecular weight is 360 g/mol. The highest BCUT2D eigenvalue weighted by molar-refractivity contribution is 6.30. The van der Waals surface area contributed by atoms with Gasteiger partial charge >= 0.3 is 0 Å². The van der Waals surface area contributed by atoms with Crippen LogP contribution in [0.15, 0.2) is 42.5 Å². The van der Waals surface area contributed by atoms with Gasteiger partial charge in [-0.25, -0.2) is 4.39 Å². The van der Waals surface area contributed by atoms with E-state index in [-0.39, 0.29) is 24.8 Å². The van der Waals surface area contributed by atoms with E-state index in [0.717, 1.165) is 5.56 Å². The lowest BCUT2D eigenvalue weighted by atomic mass is 10.2. The average Bonchev–Trinajstić information content (AvgIpc) is 2.47. The summed E-state index contributed by atoms with van der Waals surface area (Å²) in [6.45, 7) is 2.84. The van der Waals surface area contributed by atoms with Crippen molar-refractivity contribution in [2.45, 2.75) is 26.2 Å². The predicted octanol–water partition coefficient (Wildman–Crippen LogP) is 3.95. The fraction of sp³-hybridized carbons (Fsp3) is 0.294. The molecule has 0 aliphatic rings. The molecule has 2 aromatic carbocycles. The molecule has 2 N–H and O–H groups in total. The second kappa shape index (κ2) is 9.73. The zero-order valence-corrected chi connectivity index (χ0v) is 14.3. The molecular formula is C17H20Cl2FNO2. The monoisotopic (exact) mass is 359 g/mol. The zero-order chi connectivity index (χ0) is 15.9. The summed E-state index contributed by atoms with van der Waals surface area (Å²) in [5.41, 5.74) is 1.37. The third-order valence-corrected chi connectivity index (χ3v) is 3.35. The van der Waals surface area contributed by atoms with Crippen molar-refractivity contribution in [3.63, 3.8) is 0 Å². The van der Waals surface area contributed by atoms with Crippen LogP contribution in [0.4, 0.5) is 4.39 Å². The Hall–Kier alpha value is -1.33. The van der Waals surface area contributed by atoms with Crippen LogP contribution >= 0.6 is 24.0 Å². The van der Waals surface area contributed by atoms with Gasteiger partial charge < -0.3 is 15.2 Å². The minimum absolute atomic E-state index is 0. The van der Waals surface area contributed by atoms with Crippen LogP contribution in [0.3, 0.4) is 0 Å². The van der Waals surface area contributed by atoms with E-state index in [1.807, 2.05) is 0 Å². The van der Waals surface area contributed by atoms with Gasteiger partial charge in [0.2, 0.25) is 0 Å². The third-order valence-electron chi connectivity index (χ3n) is 3.12. The van der Waals surface area contributed by atoms with Crippen molar-refractivity contribution in [3.8, 4) is 5.75 Å². The van der Waals surface area contributed by atoms with E-state index in [2.05, 4.69) is 5.32 Å². The van der Waals surface area contributed by atoms with E-state index in [1.165, 1.54) is 6.07 Å². The number of aliphatic hydroxyl groups excluding tert-OH is 1. The van der Waals surface area contributed by atoms with E-state index in [9.17, 15) is 9.50 Å². The summed E-state index contributed by atoms with van der Waals surface area (Å²) in [5.74, 6) is 0.357. The van der Waals surface area contributed by atoms with Crippen LogP contribution in [-0.4, -0.2) is 17.8 Å². The van der Waals surface area contributed by atoms with Crippen LogP contribution < -0.4 is 10.1 Å². The summed E-state index contributed by atoms with van der Waals surface area (Å²) < 4.78 is 19.3. The van der Waals surface area contributed by atoms with E-state index >= 15 is 0 Å². The largest absolute Gasteiger partial charge is 0.488 e. The molecule has 0 fully saturated rings. The van der Waals surface area contributed by atoms with Gasteiger partial charge in [0.05, 0.1) is 6.10 Å². The molecule has 0 aliphatic carbocycles. The molecule has 3 nitrogen and oxygen atoms in total. The lowest BCUT2D eigenvalue weighted by Crippen LogP contribution is -2.24. The molecule has 0 bridgehead atoms. The summed E-state index contributed by atoms with van der Waals surface area (Å²) in [5, 5.41) is 13.0. The number of nitrogens with one attached hydrogen (secondary N) is 1. The molecule has 0 radical (unpaired) electrons. The van der Waals surface area contributed by atoms with Crippen molar-refractivity contribution < 1.29 is 14.2 Å². The number of hydrogen-bond acceptors (Lipinski definition) is 3. The van der Waals surface area contributed by atoms with Gasteiger partial charge in [-0.15, -0.1) is 12.4 Å². The Morgan fingerprint density at radius 1 is 1.22 bits per heavy atom. The van der Waals surface area contributed by atoms with Gasteiger partial charge in [0.15, 0.2) is 0 Å². The Morgan fingerprint density at radius 2 is 1.96 bits per heavy atom. The number of halogens is 3. The smallest absolute Gasteiger partial charge is 0.129 e. The number of hydrogen-bond donors (Lipinski definition) is 2. The summed E-state index contributed by atoms with van der Waals surface area (Å²) >= 11 is 6.01. The Labute approximate surface area is 146 Å². The van der Waals surface area contributed by atoms with Crippen molar-refractivity contribution in [3.05, 3.63) is 64.4 Å². The first-order chi connectivity index (χ1) is 10.6. The lowest BCUT2D eigenvalue weighted by molar-refractivity contribution is 0.190. The molecule has 2 rings (SSSR count). The molecular weight excluding hydrogens is 340 g/mol. The topological polar surface area (TPSA) is 41.5 Å². The molecule has 0 aliphatic heterocycles. The molecule has 0 saturated carbocycles. The SMILES string of the molecule is CC(O)CNCc1cc(Cl)ccc1OCc1ccccc1F.Cl. The summed E-state index contributed by atoms with van der Waals surface area (Å²) in [7, 11) is 0. The maximum absolute atomic E-state index is 13.6. The van der Waals surface area contributed by atoms with Crippen molar-refractivity contribution >= 4 is 24.0 Å². The number of ether oxygens (including phenoxy) is 1. The van der Waals surface area contributed by atoms with Crippen molar-refractivity contribution in [1.29, 1.82) is 0 Å². The van der Waals surface area contributed by atoms with Crippen LogP contribution in [-0.2, 0) is 13.2 Å². The molecule has 0 saturated heterocycles. The van der Waals surface area contributed by atoms with Crippen molar-refractivity contribution in [2.75, 3.05) is 6.54 Å². The molecule has 126 valence electrons. The minimum Gasteiger partial charge on any atom is -0.488 e. The summed E-state index contributed by atoms with van der Waals surface area (Å²) in [6.07, 6.45) is -0.429. The molecule has 2 aromatic rings.